The van der Waals surface area contributed by atoms with Gasteiger partial charge in [0.05, 0.1) is 18.4 Å². The van der Waals surface area contributed by atoms with Crippen molar-refractivity contribution < 1.29 is 9.47 Å². The molecule has 0 aliphatic rings. The molecule has 2 aromatic rings. The first-order chi connectivity index (χ1) is 9.20. The molecule has 4 heteroatoms. The molecule has 0 saturated heterocycles. The molecule has 0 aliphatic heterocycles. The maximum atomic E-state index is 5.66. The Morgan fingerprint density at radius 3 is 2.63 bits per heavy atom. The van der Waals surface area contributed by atoms with Crippen molar-refractivity contribution in [2.75, 3.05) is 19.8 Å². The van der Waals surface area contributed by atoms with Crippen molar-refractivity contribution in [3.8, 4) is 17.0 Å². The first-order valence-corrected chi connectivity index (χ1v) is 6.44. The van der Waals surface area contributed by atoms with Gasteiger partial charge in [0.15, 0.2) is 0 Å². The number of ether oxygens (including phenoxy) is 2. The Kier molecular flexibility index (Phi) is 4.58. The van der Waals surface area contributed by atoms with E-state index in [0.717, 1.165) is 11.1 Å². The highest BCUT2D eigenvalue weighted by Gasteiger charge is 2.11. The van der Waals surface area contributed by atoms with Crippen LogP contribution in [-0.2, 0) is 11.8 Å². The summed E-state index contributed by atoms with van der Waals surface area (Å²) in [6, 6.07) is 8.25. The molecule has 0 aliphatic carbocycles. The summed E-state index contributed by atoms with van der Waals surface area (Å²) < 4.78 is 12.6. The predicted octanol–water partition coefficient (Wildman–Crippen LogP) is 2.61. The van der Waals surface area contributed by atoms with Crippen LogP contribution in [-0.4, -0.2) is 29.6 Å². The van der Waals surface area contributed by atoms with Crippen LogP contribution in [0.15, 0.2) is 24.3 Å². The highest BCUT2D eigenvalue weighted by molar-refractivity contribution is 5.67. The van der Waals surface area contributed by atoms with Gasteiger partial charge in [-0.2, -0.15) is 0 Å². The molecule has 1 heterocycles. The second-order valence-corrected chi connectivity index (χ2v) is 4.33. The number of nitrogens with zero attached hydrogens (tertiary/aromatic N) is 2. The molecule has 0 unspecified atom stereocenters. The minimum atomic E-state index is 0.498. The third-order valence-corrected chi connectivity index (χ3v) is 2.74. The lowest BCUT2D eigenvalue weighted by molar-refractivity contribution is 0.108. The number of rotatable bonds is 6. The quantitative estimate of drug-likeness (QED) is 0.748. The number of aromatic nitrogens is 2. The normalized spacial score (nSPS) is 10.7. The molecule has 1 radical (unpaired) electrons. The fourth-order valence-electron chi connectivity index (χ4n) is 1.77. The number of hydrogen-bond acceptors (Lipinski definition) is 3. The van der Waals surface area contributed by atoms with E-state index in [4.69, 9.17) is 9.47 Å². The molecule has 4 nitrogen and oxygen atoms in total. The summed E-state index contributed by atoms with van der Waals surface area (Å²) >= 11 is 0. The van der Waals surface area contributed by atoms with Crippen LogP contribution in [0.25, 0.3) is 11.1 Å². The zero-order chi connectivity index (χ0) is 13.7. The van der Waals surface area contributed by atoms with Crippen molar-refractivity contribution in [1.29, 1.82) is 0 Å². The maximum Gasteiger partial charge on any atom is 0.241 e. The Balaban J connectivity index is 2.13. The minimum absolute atomic E-state index is 0.498. The fourth-order valence-corrected chi connectivity index (χ4v) is 1.77. The first kappa shape index (κ1) is 13.6. The molecule has 0 atom stereocenters. The van der Waals surface area contributed by atoms with Gasteiger partial charge >= 0.3 is 0 Å². The van der Waals surface area contributed by atoms with E-state index in [1.54, 1.807) is 4.68 Å². The molecule has 0 bridgehead atoms. The van der Waals surface area contributed by atoms with Gasteiger partial charge in [-0.15, -0.1) is 5.10 Å². The van der Waals surface area contributed by atoms with Crippen LogP contribution >= 0.6 is 0 Å². The van der Waals surface area contributed by atoms with Crippen molar-refractivity contribution in [2.45, 2.75) is 13.8 Å². The molecule has 0 fully saturated rings. The van der Waals surface area contributed by atoms with Crippen LogP contribution in [0.4, 0.5) is 0 Å². The molecule has 2 rings (SSSR count). The van der Waals surface area contributed by atoms with E-state index in [-0.39, 0.29) is 0 Å². The predicted molar refractivity (Wildman–Crippen MR) is 74.2 cm³/mol. The van der Waals surface area contributed by atoms with E-state index in [9.17, 15) is 0 Å². The third kappa shape index (κ3) is 3.58. The largest absolute Gasteiger partial charge is 0.474 e. The fraction of sp³-hybridized carbons (Fsp3) is 0.400. The van der Waals surface area contributed by atoms with Gasteiger partial charge in [-0.3, -0.25) is 4.68 Å². The van der Waals surface area contributed by atoms with Crippen molar-refractivity contribution in [3.63, 3.8) is 0 Å². The van der Waals surface area contributed by atoms with Crippen LogP contribution in [0.5, 0.6) is 5.88 Å². The second-order valence-electron chi connectivity index (χ2n) is 4.33. The summed E-state index contributed by atoms with van der Waals surface area (Å²) in [6.45, 7) is 5.79. The smallest absolute Gasteiger partial charge is 0.241 e. The van der Waals surface area contributed by atoms with Crippen LogP contribution in [0, 0.1) is 13.1 Å². The Morgan fingerprint density at radius 2 is 1.95 bits per heavy atom. The summed E-state index contributed by atoms with van der Waals surface area (Å²) in [5, 5.41) is 4.29. The van der Waals surface area contributed by atoms with E-state index in [1.165, 1.54) is 5.56 Å². The van der Waals surface area contributed by atoms with E-state index in [0.29, 0.717) is 25.7 Å². The molecule has 1 aromatic carbocycles. The lowest BCUT2D eigenvalue weighted by Crippen LogP contribution is -2.07. The SMILES string of the molecule is CCOCCOc1nn(C)[c]c1-c1ccc(C)cc1. The topological polar surface area (TPSA) is 36.3 Å². The zero-order valence-corrected chi connectivity index (χ0v) is 11.6. The molecule has 101 valence electrons. The zero-order valence-electron chi connectivity index (χ0n) is 11.6. The maximum absolute atomic E-state index is 5.66. The molecule has 19 heavy (non-hydrogen) atoms. The van der Waals surface area contributed by atoms with Gasteiger partial charge in [0.25, 0.3) is 0 Å². The first-order valence-electron chi connectivity index (χ1n) is 6.44. The summed E-state index contributed by atoms with van der Waals surface area (Å²) in [4.78, 5) is 0. The second kappa shape index (κ2) is 6.38. The van der Waals surface area contributed by atoms with E-state index >= 15 is 0 Å². The monoisotopic (exact) mass is 259 g/mol. The summed E-state index contributed by atoms with van der Waals surface area (Å²) in [7, 11) is 1.84. The molecular formula is C15H19N2O2. The summed E-state index contributed by atoms with van der Waals surface area (Å²) in [6.07, 6.45) is 3.16. The van der Waals surface area contributed by atoms with Crippen LogP contribution in [0.2, 0.25) is 0 Å². The average molecular weight is 259 g/mol. The molecular weight excluding hydrogens is 240 g/mol. The van der Waals surface area contributed by atoms with E-state index < -0.39 is 0 Å². The molecule has 0 N–H and O–H groups in total. The van der Waals surface area contributed by atoms with Gasteiger partial charge in [-0.25, -0.2) is 0 Å². The lowest BCUT2D eigenvalue weighted by Gasteiger charge is -2.05. The number of hydrogen-bond donors (Lipinski definition) is 0. The van der Waals surface area contributed by atoms with Crippen molar-refractivity contribution >= 4 is 0 Å². The van der Waals surface area contributed by atoms with Crippen LogP contribution in [0.1, 0.15) is 12.5 Å². The van der Waals surface area contributed by atoms with Crippen molar-refractivity contribution in [3.05, 3.63) is 36.0 Å². The van der Waals surface area contributed by atoms with Gasteiger partial charge in [0, 0.05) is 13.7 Å². The number of benzene rings is 1. The van der Waals surface area contributed by atoms with Gasteiger partial charge in [0.2, 0.25) is 5.88 Å². The minimum Gasteiger partial charge on any atom is -0.474 e. The Bertz CT molecular complexity index is 517. The van der Waals surface area contributed by atoms with Crippen molar-refractivity contribution in [2.24, 2.45) is 7.05 Å². The highest BCUT2D eigenvalue weighted by atomic mass is 16.5. The van der Waals surface area contributed by atoms with Crippen LogP contribution in [0.3, 0.4) is 0 Å². The lowest BCUT2D eigenvalue weighted by atomic mass is 10.1. The van der Waals surface area contributed by atoms with E-state index in [1.807, 2.05) is 14.0 Å². The highest BCUT2D eigenvalue weighted by Crippen LogP contribution is 2.28. The summed E-state index contributed by atoms with van der Waals surface area (Å²) in [5.41, 5.74) is 3.18. The molecule has 0 spiro atoms. The average Bonchev–Trinajstić information content (AvgIpc) is 2.77. The van der Waals surface area contributed by atoms with Crippen molar-refractivity contribution in [1.82, 2.24) is 9.78 Å². The van der Waals surface area contributed by atoms with Gasteiger partial charge in [-0.05, 0) is 19.4 Å². The van der Waals surface area contributed by atoms with Gasteiger partial charge in [-0.1, -0.05) is 29.8 Å². The van der Waals surface area contributed by atoms with Gasteiger partial charge < -0.3 is 9.47 Å². The Morgan fingerprint density at radius 1 is 1.21 bits per heavy atom. The van der Waals surface area contributed by atoms with E-state index in [2.05, 4.69) is 42.5 Å². The summed E-state index contributed by atoms with van der Waals surface area (Å²) in [5.74, 6) is 0.603. The third-order valence-electron chi connectivity index (χ3n) is 2.74. The molecule has 0 saturated carbocycles. The Hall–Kier alpha value is -1.81. The number of aryl methyl sites for hydroxylation is 2. The molecule has 0 amide bonds. The standard InChI is InChI=1S/C15H19N2O2/c1-4-18-9-10-19-15-14(11-17(3)16-15)13-7-5-12(2)6-8-13/h5-8H,4,9-10H2,1-3H3. The van der Waals surface area contributed by atoms with Crippen LogP contribution < -0.4 is 4.74 Å². The molecule has 1 aromatic heterocycles. The Labute approximate surface area is 114 Å². The van der Waals surface area contributed by atoms with Gasteiger partial charge in [0.1, 0.15) is 6.61 Å².